The van der Waals surface area contributed by atoms with Gasteiger partial charge in [-0.1, -0.05) is 0 Å². The van der Waals surface area contributed by atoms with Crippen LogP contribution in [0.2, 0.25) is 0 Å². The van der Waals surface area contributed by atoms with Crippen LogP contribution < -0.4 is 20.4 Å². The van der Waals surface area contributed by atoms with Crippen LogP contribution in [0.15, 0.2) is 188 Å². The summed E-state index contributed by atoms with van der Waals surface area (Å²) >= 11 is 0. The van der Waals surface area contributed by atoms with E-state index in [0.717, 1.165) is 38.2 Å². The van der Waals surface area contributed by atoms with Gasteiger partial charge in [0.15, 0.2) is 0 Å². The van der Waals surface area contributed by atoms with Gasteiger partial charge in [0.05, 0.1) is 0 Å². The molecule has 6 nitrogen and oxygen atoms in total. The molecule has 7 rings (SSSR count). The SMILES string of the molecule is O=C(O)CCP(Oc1ccc(C(c2ccc(O)cc2)C(c2ccc(O)cc2)c2ccc(O)cc2)cc1)(c1ccccc1)(c1ccccc1)c1ccccc1. The van der Waals surface area contributed by atoms with Crippen LogP contribution in [-0.2, 0) is 4.79 Å². The molecule has 0 heterocycles. The Kier molecular flexibility index (Phi) is 10.2. The zero-order valence-corrected chi connectivity index (χ0v) is 30.4. The monoisotopic (exact) mass is 732 g/mol. The molecular formula is C47H41O6P. The Morgan fingerprint density at radius 3 is 1.04 bits per heavy atom. The summed E-state index contributed by atoms with van der Waals surface area (Å²) in [6.45, 7) is -4.02. The first kappa shape index (κ1) is 36.0. The van der Waals surface area contributed by atoms with E-state index in [1.54, 1.807) is 36.4 Å². The maximum atomic E-state index is 12.5. The molecule has 0 aliphatic heterocycles. The topological polar surface area (TPSA) is 107 Å². The third-order valence-corrected chi connectivity index (χ3v) is 16.2. The van der Waals surface area contributed by atoms with Crippen molar-refractivity contribution in [1.29, 1.82) is 0 Å². The summed E-state index contributed by atoms with van der Waals surface area (Å²) in [6.07, 6.45) is 0.124. The standard InChI is InChI=1S/C47H41O6P/c48-38-24-16-34(17-25-38)46(35-18-26-39(49)27-19-35)47(36-20-28-40(50)29-21-36)37-22-30-41(31-23-37)53-54(33-32-45(51)52,42-10-4-1-5-11-42,43-12-6-2-7-13-43)44-14-8-3-9-15-44/h1-31,46-50H,32-33H2,(H,51,52). The summed E-state index contributed by atoms with van der Waals surface area (Å²) < 4.78 is 7.59. The van der Waals surface area contributed by atoms with Gasteiger partial charge in [0.2, 0.25) is 0 Å². The zero-order chi connectivity index (χ0) is 37.6. The fourth-order valence-corrected chi connectivity index (χ4v) is 13.4. The average Bonchev–Trinajstić information content (AvgIpc) is 3.21. The molecule has 0 amide bonds. The molecule has 0 aliphatic rings. The molecule has 0 saturated carbocycles. The Balaban J connectivity index is 1.43. The molecule has 0 saturated heterocycles. The van der Waals surface area contributed by atoms with Crippen LogP contribution in [-0.4, -0.2) is 32.6 Å². The van der Waals surface area contributed by atoms with E-state index in [0.29, 0.717) is 5.75 Å². The second-order valence-corrected chi connectivity index (χ2v) is 18.1. The van der Waals surface area contributed by atoms with Gasteiger partial charge in [-0.15, -0.1) is 0 Å². The fourth-order valence-electron chi connectivity index (χ4n) is 7.75. The molecule has 7 heteroatoms. The molecule has 7 aromatic rings. The van der Waals surface area contributed by atoms with E-state index in [1.807, 2.05) is 115 Å². The van der Waals surface area contributed by atoms with Crippen LogP contribution >= 0.6 is 6.83 Å². The van der Waals surface area contributed by atoms with Gasteiger partial charge >= 0.3 is 316 Å². The number of carboxylic acid groups (broad SMARTS) is 1. The molecule has 1 unspecified atom stereocenters. The molecule has 54 heavy (non-hydrogen) atoms. The van der Waals surface area contributed by atoms with Crippen molar-refractivity contribution in [3.8, 4) is 23.0 Å². The normalized spacial score (nSPS) is 12.7. The zero-order valence-electron chi connectivity index (χ0n) is 29.5. The molecular weight excluding hydrogens is 691 g/mol. The first-order valence-corrected chi connectivity index (χ1v) is 20.2. The Morgan fingerprint density at radius 1 is 0.444 bits per heavy atom. The van der Waals surface area contributed by atoms with Crippen molar-refractivity contribution in [1.82, 2.24) is 0 Å². The summed E-state index contributed by atoms with van der Waals surface area (Å²) in [5, 5.41) is 43.7. The van der Waals surface area contributed by atoms with Crippen LogP contribution in [0.25, 0.3) is 0 Å². The van der Waals surface area contributed by atoms with E-state index in [2.05, 4.69) is 36.4 Å². The molecule has 0 aliphatic carbocycles. The van der Waals surface area contributed by atoms with E-state index in [9.17, 15) is 25.2 Å². The van der Waals surface area contributed by atoms with E-state index in [1.165, 1.54) is 0 Å². The number of phenolic OH excluding ortho intramolecular Hbond substituents is 3. The number of carbonyl (C=O) groups is 1. The molecule has 270 valence electrons. The van der Waals surface area contributed by atoms with Gasteiger partial charge in [-0.25, -0.2) is 0 Å². The summed E-state index contributed by atoms with van der Waals surface area (Å²) in [7, 11) is 0. The van der Waals surface area contributed by atoms with Gasteiger partial charge in [-0.05, 0) is 0 Å². The van der Waals surface area contributed by atoms with Crippen molar-refractivity contribution in [2.45, 2.75) is 18.3 Å². The molecule has 1 atom stereocenters. The van der Waals surface area contributed by atoms with Crippen LogP contribution in [0, 0.1) is 0 Å². The molecule has 0 spiro atoms. The number of hydrogen-bond acceptors (Lipinski definition) is 5. The molecule has 0 radical (unpaired) electrons. The number of hydrogen-bond donors (Lipinski definition) is 4. The molecule has 0 fully saturated rings. The van der Waals surface area contributed by atoms with Crippen molar-refractivity contribution >= 4 is 28.7 Å². The number of carboxylic acids is 1. The summed E-state index contributed by atoms with van der Waals surface area (Å²) in [5.41, 5.74) is 3.82. The van der Waals surface area contributed by atoms with Gasteiger partial charge < -0.3 is 0 Å². The fraction of sp³-hybridized carbons (Fsp3) is 0.0851. The summed E-state index contributed by atoms with van der Waals surface area (Å²) in [6, 6.07) is 59.5. The quantitative estimate of drug-likeness (QED) is 0.0882. The Morgan fingerprint density at radius 2 is 0.741 bits per heavy atom. The summed E-state index contributed by atoms with van der Waals surface area (Å²) in [5.74, 6) is -0.368. The minimum absolute atomic E-state index is 0.113. The number of aliphatic carboxylic acids is 1. The first-order chi connectivity index (χ1) is 26.3. The van der Waals surface area contributed by atoms with Crippen molar-refractivity contribution < 1.29 is 29.7 Å². The Hall–Kier alpha value is -6.36. The van der Waals surface area contributed by atoms with Crippen molar-refractivity contribution in [2.24, 2.45) is 0 Å². The van der Waals surface area contributed by atoms with Crippen molar-refractivity contribution in [2.75, 3.05) is 6.16 Å². The van der Waals surface area contributed by atoms with Crippen LogP contribution in [0.1, 0.15) is 40.5 Å². The van der Waals surface area contributed by atoms with Gasteiger partial charge in [0.25, 0.3) is 0 Å². The third-order valence-electron chi connectivity index (χ3n) is 10.3. The number of phenols is 3. The molecule has 7 aromatic carbocycles. The second kappa shape index (κ2) is 15.3. The number of benzene rings is 7. The molecule has 4 N–H and O–H groups in total. The first-order valence-electron chi connectivity index (χ1n) is 17.8. The van der Waals surface area contributed by atoms with Gasteiger partial charge in [-0.2, -0.15) is 0 Å². The predicted octanol–water partition coefficient (Wildman–Crippen LogP) is 9.07. The van der Waals surface area contributed by atoms with Gasteiger partial charge in [0.1, 0.15) is 0 Å². The van der Waals surface area contributed by atoms with Crippen molar-refractivity contribution in [3.63, 3.8) is 0 Å². The molecule has 0 aromatic heterocycles. The number of aromatic hydroxyl groups is 3. The Bertz CT molecular complexity index is 2150. The number of rotatable bonds is 13. The van der Waals surface area contributed by atoms with Crippen LogP contribution in [0.3, 0.4) is 0 Å². The third kappa shape index (κ3) is 6.92. The predicted molar refractivity (Wildman–Crippen MR) is 217 cm³/mol. The van der Waals surface area contributed by atoms with Crippen LogP contribution in [0.5, 0.6) is 23.0 Å². The molecule has 0 bridgehead atoms. The van der Waals surface area contributed by atoms with Crippen LogP contribution in [0.4, 0.5) is 0 Å². The van der Waals surface area contributed by atoms with E-state index in [4.69, 9.17) is 4.52 Å². The van der Waals surface area contributed by atoms with E-state index in [-0.39, 0.29) is 41.7 Å². The maximum absolute atomic E-state index is 12.5. The Labute approximate surface area is 315 Å². The van der Waals surface area contributed by atoms with Gasteiger partial charge in [-0.3, -0.25) is 0 Å². The second-order valence-electron chi connectivity index (χ2n) is 13.5. The van der Waals surface area contributed by atoms with E-state index < -0.39 is 12.8 Å². The van der Waals surface area contributed by atoms with Crippen molar-refractivity contribution in [3.05, 3.63) is 210 Å². The minimum atomic E-state index is -4.02. The average molecular weight is 733 g/mol. The van der Waals surface area contributed by atoms with E-state index >= 15 is 0 Å². The van der Waals surface area contributed by atoms with Gasteiger partial charge in [0, 0.05) is 0 Å². The summed E-state index contributed by atoms with van der Waals surface area (Å²) in [4.78, 5) is 12.5.